The van der Waals surface area contributed by atoms with Crippen molar-refractivity contribution in [3.8, 4) is 5.75 Å². The fraction of sp³-hybridized carbons (Fsp3) is 0.462. The lowest BCUT2D eigenvalue weighted by atomic mass is 9.67. The molecular weight excluding hydrogens is 402 g/mol. The first-order valence-electron chi connectivity index (χ1n) is 11.3. The first-order valence-corrected chi connectivity index (χ1v) is 11.3. The highest BCUT2D eigenvalue weighted by Crippen LogP contribution is 2.40. The normalized spacial score (nSPS) is 22.2. The van der Waals surface area contributed by atoms with Crippen molar-refractivity contribution < 1.29 is 14.7 Å². The molecule has 1 heterocycles. The predicted octanol–water partition coefficient (Wildman–Crippen LogP) is 2.81. The molecule has 2 amide bonds. The molecule has 2 aromatic carbocycles. The fourth-order valence-corrected chi connectivity index (χ4v) is 4.50. The van der Waals surface area contributed by atoms with E-state index >= 15 is 0 Å². The summed E-state index contributed by atoms with van der Waals surface area (Å²) in [7, 11) is 3.37. The summed E-state index contributed by atoms with van der Waals surface area (Å²) in [5, 5.41) is 12.8. The van der Waals surface area contributed by atoms with Gasteiger partial charge in [-0.1, -0.05) is 56.3 Å². The van der Waals surface area contributed by atoms with Crippen LogP contribution in [-0.4, -0.2) is 66.5 Å². The van der Waals surface area contributed by atoms with Crippen LogP contribution in [0.5, 0.6) is 5.75 Å². The van der Waals surface area contributed by atoms with Crippen LogP contribution in [0, 0.1) is 5.92 Å². The van der Waals surface area contributed by atoms with E-state index in [1.807, 2.05) is 42.5 Å². The summed E-state index contributed by atoms with van der Waals surface area (Å²) in [5.74, 6) is 0.329. The van der Waals surface area contributed by atoms with E-state index in [-0.39, 0.29) is 41.5 Å². The summed E-state index contributed by atoms with van der Waals surface area (Å²) in [4.78, 5) is 28.9. The smallest absolute Gasteiger partial charge is 0.241 e. The number of rotatable bonds is 7. The number of likely N-dealkylation sites (N-methyl/N-ethyl adjacent to an activating group) is 1. The van der Waals surface area contributed by atoms with E-state index in [9.17, 15) is 14.7 Å². The van der Waals surface area contributed by atoms with E-state index in [2.05, 4.69) is 30.1 Å². The molecule has 1 fully saturated rings. The highest BCUT2D eigenvalue weighted by molar-refractivity contribution is 5.87. The average molecular weight is 438 g/mol. The van der Waals surface area contributed by atoms with Crippen molar-refractivity contribution in [3.63, 3.8) is 0 Å². The van der Waals surface area contributed by atoms with Crippen molar-refractivity contribution in [1.29, 1.82) is 0 Å². The van der Waals surface area contributed by atoms with Crippen LogP contribution in [0.25, 0.3) is 0 Å². The SMILES string of the molecule is CC1CN(C(Cc2ccccc2)C(=O)NCC(=O)N(C)C)CCC1(C)c1cccc(O)c1. The summed E-state index contributed by atoms with van der Waals surface area (Å²) in [6.07, 6.45) is 1.48. The molecule has 172 valence electrons. The molecule has 6 nitrogen and oxygen atoms in total. The average Bonchev–Trinajstić information content (AvgIpc) is 2.78. The van der Waals surface area contributed by atoms with Gasteiger partial charge in [0.15, 0.2) is 0 Å². The van der Waals surface area contributed by atoms with Crippen LogP contribution in [0.3, 0.4) is 0 Å². The summed E-state index contributed by atoms with van der Waals surface area (Å²) < 4.78 is 0. The first kappa shape index (κ1) is 23.8. The largest absolute Gasteiger partial charge is 0.508 e. The maximum absolute atomic E-state index is 13.2. The quantitative estimate of drug-likeness (QED) is 0.699. The number of nitrogens with zero attached hydrogens (tertiary/aromatic N) is 2. The number of phenolic OH excluding ortho intramolecular Hbond substituents is 1. The molecule has 1 saturated heterocycles. The Bertz CT molecular complexity index is 931. The molecule has 0 aliphatic carbocycles. The molecule has 6 heteroatoms. The zero-order chi connectivity index (χ0) is 23.3. The number of amides is 2. The van der Waals surface area contributed by atoms with Gasteiger partial charge in [-0.05, 0) is 54.0 Å². The minimum absolute atomic E-state index is 0.00151. The molecular formula is C26H35N3O3. The van der Waals surface area contributed by atoms with Gasteiger partial charge in [-0.15, -0.1) is 0 Å². The molecule has 2 N–H and O–H groups in total. The Morgan fingerprint density at radius 3 is 2.53 bits per heavy atom. The van der Waals surface area contributed by atoms with Crippen LogP contribution in [-0.2, 0) is 21.4 Å². The number of nitrogens with one attached hydrogen (secondary N) is 1. The molecule has 0 bridgehead atoms. The lowest BCUT2D eigenvalue weighted by molar-refractivity contribution is -0.133. The molecule has 1 aliphatic heterocycles. The summed E-state index contributed by atoms with van der Waals surface area (Å²) in [6, 6.07) is 17.2. The number of aromatic hydroxyl groups is 1. The minimum Gasteiger partial charge on any atom is -0.508 e. The molecule has 0 aromatic heterocycles. The first-order chi connectivity index (χ1) is 15.2. The Morgan fingerprint density at radius 2 is 1.91 bits per heavy atom. The predicted molar refractivity (Wildman–Crippen MR) is 126 cm³/mol. The van der Waals surface area contributed by atoms with Crippen molar-refractivity contribution in [2.24, 2.45) is 5.92 Å². The third-order valence-electron chi connectivity index (χ3n) is 6.95. The molecule has 3 rings (SSSR count). The van der Waals surface area contributed by atoms with Gasteiger partial charge < -0.3 is 15.3 Å². The molecule has 0 spiro atoms. The van der Waals surface area contributed by atoms with Crippen molar-refractivity contribution >= 4 is 11.8 Å². The number of hydrogen-bond donors (Lipinski definition) is 2. The van der Waals surface area contributed by atoms with Gasteiger partial charge in [0.1, 0.15) is 5.75 Å². The zero-order valence-electron chi connectivity index (χ0n) is 19.5. The lowest BCUT2D eigenvalue weighted by Crippen LogP contribution is -2.56. The summed E-state index contributed by atoms with van der Waals surface area (Å²) in [6.45, 7) is 5.98. The van der Waals surface area contributed by atoms with Crippen LogP contribution in [0.15, 0.2) is 54.6 Å². The third-order valence-corrected chi connectivity index (χ3v) is 6.95. The molecule has 1 aliphatic rings. The van der Waals surface area contributed by atoms with Gasteiger partial charge in [-0.3, -0.25) is 14.5 Å². The van der Waals surface area contributed by atoms with E-state index < -0.39 is 0 Å². The maximum atomic E-state index is 13.2. The number of carbonyl (C=O) groups is 2. The highest BCUT2D eigenvalue weighted by atomic mass is 16.3. The number of likely N-dealkylation sites (tertiary alicyclic amines) is 1. The Labute approximate surface area is 191 Å². The Kier molecular flexibility index (Phi) is 7.56. The standard InChI is InChI=1S/C26H35N3O3/c1-19-18-29(14-13-26(19,2)21-11-8-12-22(30)16-21)23(15-20-9-6-5-7-10-20)25(32)27-17-24(31)28(3)4/h5-12,16,19,23,30H,13-15,17-18H2,1-4H3,(H,27,32). The van der Waals surface area contributed by atoms with Crippen LogP contribution >= 0.6 is 0 Å². The minimum atomic E-state index is -0.344. The van der Waals surface area contributed by atoms with E-state index in [1.54, 1.807) is 20.2 Å². The number of piperidine rings is 1. The molecule has 3 unspecified atom stereocenters. The monoisotopic (exact) mass is 437 g/mol. The van der Waals surface area contributed by atoms with Gasteiger partial charge in [0.25, 0.3) is 0 Å². The zero-order valence-corrected chi connectivity index (χ0v) is 19.5. The van der Waals surface area contributed by atoms with Crippen LogP contribution in [0.2, 0.25) is 0 Å². The van der Waals surface area contributed by atoms with Gasteiger partial charge in [0.2, 0.25) is 11.8 Å². The van der Waals surface area contributed by atoms with Gasteiger partial charge in [-0.25, -0.2) is 0 Å². The molecule has 32 heavy (non-hydrogen) atoms. The van der Waals surface area contributed by atoms with Crippen LogP contribution < -0.4 is 5.32 Å². The molecule has 0 saturated carbocycles. The Hall–Kier alpha value is -2.86. The van der Waals surface area contributed by atoms with Crippen LogP contribution in [0.1, 0.15) is 31.4 Å². The molecule has 2 aromatic rings. The van der Waals surface area contributed by atoms with E-state index in [0.29, 0.717) is 6.42 Å². The van der Waals surface area contributed by atoms with Crippen molar-refractivity contribution in [3.05, 3.63) is 65.7 Å². The molecule has 0 radical (unpaired) electrons. The second-order valence-electron chi connectivity index (χ2n) is 9.33. The number of hydrogen-bond acceptors (Lipinski definition) is 4. The maximum Gasteiger partial charge on any atom is 0.241 e. The second kappa shape index (κ2) is 10.2. The van der Waals surface area contributed by atoms with Crippen LogP contribution in [0.4, 0.5) is 0 Å². The number of phenols is 1. The van der Waals surface area contributed by atoms with Gasteiger partial charge >= 0.3 is 0 Å². The topological polar surface area (TPSA) is 72.9 Å². The fourth-order valence-electron chi connectivity index (χ4n) is 4.50. The van der Waals surface area contributed by atoms with Gasteiger partial charge in [0.05, 0.1) is 12.6 Å². The lowest BCUT2D eigenvalue weighted by Gasteiger charge is -2.47. The van der Waals surface area contributed by atoms with Crippen molar-refractivity contribution in [2.45, 2.75) is 38.1 Å². The van der Waals surface area contributed by atoms with Crippen molar-refractivity contribution in [2.75, 3.05) is 33.7 Å². The molecule has 3 atom stereocenters. The van der Waals surface area contributed by atoms with Gasteiger partial charge in [-0.2, -0.15) is 0 Å². The van der Waals surface area contributed by atoms with Crippen molar-refractivity contribution in [1.82, 2.24) is 15.1 Å². The Morgan fingerprint density at radius 1 is 1.19 bits per heavy atom. The highest BCUT2D eigenvalue weighted by Gasteiger charge is 2.41. The summed E-state index contributed by atoms with van der Waals surface area (Å²) >= 11 is 0. The van der Waals surface area contributed by atoms with Gasteiger partial charge in [0, 0.05) is 20.6 Å². The summed E-state index contributed by atoms with van der Waals surface area (Å²) in [5.41, 5.74) is 2.15. The number of benzene rings is 2. The third kappa shape index (κ3) is 5.49. The van der Waals surface area contributed by atoms with E-state index in [0.717, 1.165) is 30.6 Å². The van der Waals surface area contributed by atoms with E-state index in [1.165, 1.54) is 4.90 Å². The number of carbonyl (C=O) groups excluding carboxylic acids is 2. The second-order valence-corrected chi connectivity index (χ2v) is 9.33. The van der Waals surface area contributed by atoms with E-state index in [4.69, 9.17) is 0 Å². The Balaban J connectivity index is 1.77.